The second kappa shape index (κ2) is 3.23. The maximum atomic E-state index is 6.07. The van der Waals surface area contributed by atoms with Crippen molar-refractivity contribution in [2.45, 2.75) is 6.92 Å². The lowest BCUT2D eigenvalue weighted by Gasteiger charge is -2.04. The highest BCUT2D eigenvalue weighted by Crippen LogP contribution is 2.20. The Kier molecular flexibility index (Phi) is 2.07. The molecule has 1 heterocycles. The van der Waals surface area contributed by atoms with Crippen LogP contribution in [-0.4, -0.2) is 9.55 Å². The van der Waals surface area contributed by atoms with Gasteiger partial charge < -0.3 is 4.57 Å². The molecule has 0 saturated heterocycles. The molecular formula is C10H9ClN2. The maximum absolute atomic E-state index is 6.07. The number of hydrogen-bond donors (Lipinski definition) is 0. The third kappa shape index (κ3) is 1.58. The van der Waals surface area contributed by atoms with Gasteiger partial charge in [0, 0.05) is 12.4 Å². The Morgan fingerprint density at radius 1 is 1.38 bits per heavy atom. The zero-order valence-corrected chi connectivity index (χ0v) is 7.99. The van der Waals surface area contributed by atoms with Crippen LogP contribution in [0, 0.1) is 6.92 Å². The predicted octanol–water partition coefficient (Wildman–Crippen LogP) is 2.83. The summed E-state index contributed by atoms with van der Waals surface area (Å²) in [5.41, 5.74) is 2.12. The van der Waals surface area contributed by atoms with E-state index in [-0.39, 0.29) is 0 Å². The molecule has 0 radical (unpaired) electrons. The fourth-order valence-electron chi connectivity index (χ4n) is 1.22. The second-order valence-corrected chi connectivity index (χ2v) is 3.33. The number of aryl methyl sites for hydroxylation is 1. The van der Waals surface area contributed by atoms with E-state index in [2.05, 4.69) is 4.98 Å². The lowest BCUT2D eigenvalue weighted by Crippen LogP contribution is -1.91. The molecule has 1 aromatic heterocycles. The van der Waals surface area contributed by atoms with Crippen molar-refractivity contribution in [2.24, 2.45) is 0 Å². The third-order valence-corrected chi connectivity index (χ3v) is 2.19. The zero-order valence-electron chi connectivity index (χ0n) is 7.24. The first-order valence-electron chi connectivity index (χ1n) is 4.02. The Morgan fingerprint density at radius 2 is 2.23 bits per heavy atom. The van der Waals surface area contributed by atoms with E-state index in [4.69, 9.17) is 11.6 Å². The minimum absolute atomic E-state index is 0.748. The van der Waals surface area contributed by atoms with Crippen LogP contribution in [0.1, 0.15) is 5.56 Å². The smallest absolute Gasteiger partial charge is 0.0992 e. The summed E-state index contributed by atoms with van der Waals surface area (Å²) in [4.78, 5) is 3.97. The lowest BCUT2D eigenvalue weighted by molar-refractivity contribution is 1.06. The zero-order chi connectivity index (χ0) is 9.26. The third-order valence-electron chi connectivity index (χ3n) is 1.89. The molecule has 0 aliphatic rings. The van der Waals surface area contributed by atoms with Gasteiger partial charge in [0.15, 0.2) is 0 Å². The van der Waals surface area contributed by atoms with Crippen molar-refractivity contribution in [3.8, 4) is 5.69 Å². The van der Waals surface area contributed by atoms with Crippen molar-refractivity contribution in [1.29, 1.82) is 0 Å². The van der Waals surface area contributed by atoms with Gasteiger partial charge in [-0.25, -0.2) is 4.98 Å². The quantitative estimate of drug-likeness (QED) is 0.680. The van der Waals surface area contributed by atoms with E-state index in [9.17, 15) is 0 Å². The average Bonchev–Trinajstić information content (AvgIpc) is 2.56. The van der Waals surface area contributed by atoms with E-state index in [1.165, 1.54) is 0 Å². The minimum Gasteiger partial charge on any atom is -0.305 e. The molecular weight excluding hydrogens is 184 g/mol. The highest BCUT2D eigenvalue weighted by Gasteiger charge is 2.00. The average molecular weight is 193 g/mol. The summed E-state index contributed by atoms with van der Waals surface area (Å²) in [6.07, 6.45) is 5.34. The van der Waals surface area contributed by atoms with Gasteiger partial charge in [-0.15, -0.1) is 0 Å². The molecule has 13 heavy (non-hydrogen) atoms. The Balaban J connectivity index is 2.53. The van der Waals surface area contributed by atoms with Gasteiger partial charge in [0.2, 0.25) is 0 Å². The standard InChI is InChI=1S/C10H9ClN2/c1-8-2-3-10(9(11)6-8)13-5-4-12-7-13/h2-7H,1H3. The number of nitrogens with zero attached hydrogens (tertiary/aromatic N) is 2. The molecule has 0 aliphatic carbocycles. The number of benzene rings is 1. The molecule has 3 heteroatoms. The summed E-state index contributed by atoms with van der Waals surface area (Å²) in [5.74, 6) is 0. The fourth-order valence-corrected chi connectivity index (χ4v) is 1.56. The molecule has 0 atom stereocenters. The molecule has 2 aromatic rings. The van der Waals surface area contributed by atoms with Crippen LogP contribution in [0.4, 0.5) is 0 Å². The molecule has 1 aromatic carbocycles. The predicted molar refractivity (Wildman–Crippen MR) is 53.3 cm³/mol. The Hall–Kier alpha value is -1.28. The topological polar surface area (TPSA) is 17.8 Å². The van der Waals surface area contributed by atoms with Crippen LogP contribution in [0.25, 0.3) is 5.69 Å². The highest BCUT2D eigenvalue weighted by molar-refractivity contribution is 6.32. The summed E-state index contributed by atoms with van der Waals surface area (Å²) < 4.78 is 1.89. The van der Waals surface area contributed by atoms with Crippen LogP contribution in [0.3, 0.4) is 0 Å². The van der Waals surface area contributed by atoms with Crippen LogP contribution >= 0.6 is 11.6 Å². The number of rotatable bonds is 1. The van der Waals surface area contributed by atoms with Crippen molar-refractivity contribution in [2.75, 3.05) is 0 Å². The van der Waals surface area contributed by atoms with Gasteiger partial charge in [-0.2, -0.15) is 0 Å². The molecule has 0 unspecified atom stereocenters. The van der Waals surface area contributed by atoms with E-state index >= 15 is 0 Å². The molecule has 2 nitrogen and oxygen atoms in total. The van der Waals surface area contributed by atoms with E-state index in [1.807, 2.05) is 35.9 Å². The summed E-state index contributed by atoms with van der Waals surface area (Å²) in [7, 11) is 0. The van der Waals surface area contributed by atoms with E-state index in [1.54, 1.807) is 12.5 Å². The first-order valence-corrected chi connectivity index (χ1v) is 4.39. The molecule has 66 valence electrons. The Morgan fingerprint density at radius 3 is 2.85 bits per heavy atom. The number of halogens is 1. The van der Waals surface area contributed by atoms with Gasteiger partial charge in [-0.1, -0.05) is 17.7 Å². The minimum atomic E-state index is 0.748. The van der Waals surface area contributed by atoms with E-state index in [0.717, 1.165) is 16.3 Å². The second-order valence-electron chi connectivity index (χ2n) is 2.92. The van der Waals surface area contributed by atoms with Gasteiger partial charge in [0.05, 0.1) is 17.0 Å². The van der Waals surface area contributed by atoms with Gasteiger partial charge in [-0.3, -0.25) is 0 Å². The monoisotopic (exact) mass is 192 g/mol. The van der Waals surface area contributed by atoms with Crippen molar-refractivity contribution >= 4 is 11.6 Å². The van der Waals surface area contributed by atoms with Crippen LogP contribution in [0.2, 0.25) is 5.02 Å². The molecule has 0 spiro atoms. The lowest BCUT2D eigenvalue weighted by atomic mass is 10.2. The molecule has 0 bridgehead atoms. The van der Waals surface area contributed by atoms with Crippen molar-refractivity contribution < 1.29 is 0 Å². The van der Waals surface area contributed by atoms with E-state index < -0.39 is 0 Å². The fraction of sp³-hybridized carbons (Fsp3) is 0.100. The van der Waals surface area contributed by atoms with Crippen molar-refractivity contribution in [3.63, 3.8) is 0 Å². The maximum Gasteiger partial charge on any atom is 0.0992 e. The van der Waals surface area contributed by atoms with Crippen molar-refractivity contribution in [3.05, 3.63) is 47.5 Å². The van der Waals surface area contributed by atoms with Crippen LogP contribution in [0.5, 0.6) is 0 Å². The SMILES string of the molecule is Cc1ccc(-n2ccnc2)c(Cl)c1. The Labute approximate surface area is 81.8 Å². The summed E-state index contributed by atoms with van der Waals surface area (Å²) in [6.45, 7) is 2.02. The molecule has 0 amide bonds. The summed E-state index contributed by atoms with van der Waals surface area (Å²) >= 11 is 6.07. The Bertz CT molecular complexity index is 407. The van der Waals surface area contributed by atoms with Crippen LogP contribution in [0.15, 0.2) is 36.9 Å². The summed E-state index contributed by atoms with van der Waals surface area (Å²) in [6, 6.07) is 5.96. The summed E-state index contributed by atoms with van der Waals surface area (Å²) in [5, 5.41) is 0.748. The molecule has 0 N–H and O–H groups in total. The first-order chi connectivity index (χ1) is 6.27. The number of aromatic nitrogens is 2. The molecule has 2 rings (SSSR count). The molecule has 0 saturated carbocycles. The molecule has 0 fully saturated rings. The molecule has 0 aliphatic heterocycles. The van der Waals surface area contributed by atoms with Crippen LogP contribution in [-0.2, 0) is 0 Å². The van der Waals surface area contributed by atoms with Gasteiger partial charge in [0.1, 0.15) is 0 Å². The normalized spacial score (nSPS) is 10.3. The van der Waals surface area contributed by atoms with Crippen LogP contribution < -0.4 is 0 Å². The van der Waals surface area contributed by atoms with Gasteiger partial charge in [-0.05, 0) is 24.6 Å². The van der Waals surface area contributed by atoms with E-state index in [0.29, 0.717) is 0 Å². The number of imidazole rings is 1. The highest BCUT2D eigenvalue weighted by atomic mass is 35.5. The van der Waals surface area contributed by atoms with Crippen molar-refractivity contribution in [1.82, 2.24) is 9.55 Å². The van der Waals surface area contributed by atoms with Gasteiger partial charge in [0.25, 0.3) is 0 Å². The van der Waals surface area contributed by atoms with Gasteiger partial charge >= 0.3 is 0 Å². The first kappa shape index (κ1) is 8.32. The largest absolute Gasteiger partial charge is 0.305 e. The number of hydrogen-bond acceptors (Lipinski definition) is 1.